The summed E-state index contributed by atoms with van der Waals surface area (Å²) in [6.07, 6.45) is 56.8. The average molecular weight is 860 g/mol. The second-order valence-corrected chi connectivity index (χ2v) is 18.6. The Bertz CT molecular complexity index is 966. The number of carbonyl (C=O) groups is 2. The van der Waals surface area contributed by atoms with Crippen LogP contribution in [0.3, 0.4) is 0 Å². The number of amides is 1. The van der Waals surface area contributed by atoms with Gasteiger partial charge in [-0.1, -0.05) is 257 Å². The Hall–Kier alpha value is -1.66. The molecule has 0 aromatic rings. The molecule has 0 aliphatic heterocycles. The summed E-state index contributed by atoms with van der Waals surface area (Å²) in [5.74, 6) is -0.539. The molecule has 3 N–H and O–H groups in total. The zero-order valence-corrected chi connectivity index (χ0v) is 41.1. The normalized spacial score (nSPS) is 13.3. The van der Waals surface area contributed by atoms with Gasteiger partial charge in [-0.25, -0.2) is 0 Å². The molecule has 360 valence electrons. The van der Waals surface area contributed by atoms with Crippen LogP contribution in [0.5, 0.6) is 0 Å². The molecule has 0 saturated heterocycles. The minimum Gasteiger partial charge on any atom is -0.462 e. The van der Waals surface area contributed by atoms with Gasteiger partial charge in [0.05, 0.1) is 25.2 Å². The van der Waals surface area contributed by atoms with E-state index in [4.69, 9.17) is 4.74 Å². The van der Waals surface area contributed by atoms with Crippen molar-refractivity contribution >= 4 is 11.9 Å². The number of nitrogens with one attached hydrogen (secondary N) is 1. The SMILES string of the molecule is CCCCCCCC/C=C\C/C=C/CCC(=O)OC(CCCCCCCCCCCCCC)CC(=O)NC(CO)C(O)CCCCCCCCCCCCCCCCCCC. The summed E-state index contributed by atoms with van der Waals surface area (Å²) >= 11 is 0. The third-order valence-corrected chi connectivity index (χ3v) is 12.5. The average Bonchev–Trinajstić information content (AvgIpc) is 3.25. The van der Waals surface area contributed by atoms with E-state index in [9.17, 15) is 19.8 Å². The number of hydrogen-bond donors (Lipinski definition) is 3. The van der Waals surface area contributed by atoms with E-state index in [1.165, 1.54) is 199 Å². The van der Waals surface area contributed by atoms with E-state index >= 15 is 0 Å². The molecule has 0 aliphatic rings. The molecule has 61 heavy (non-hydrogen) atoms. The summed E-state index contributed by atoms with van der Waals surface area (Å²) in [5, 5.41) is 23.8. The van der Waals surface area contributed by atoms with Crippen molar-refractivity contribution in [2.75, 3.05) is 6.61 Å². The number of aliphatic hydroxyl groups excluding tert-OH is 2. The maximum absolute atomic E-state index is 13.2. The van der Waals surface area contributed by atoms with Crippen molar-refractivity contribution in [1.82, 2.24) is 5.32 Å². The largest absolute Gasteiger partial charge is 0.462 e. The van der Waals surface area contributed by atoms with Crippen LogP contribution in [0.15, 0.2) is 24.3 Å². The van der Waals surface area contributed by atoms with E-state index in [0.717, 1.165) is 38.5 Å². The number of aliphatic hydroxyl groups is 2. The minimum atomic E-state index is -0.792. The van der Waals surface area contributed by atoms with Crippen molar-refractivity contribution in [3.63, 3.8) is 0 Å². The first-order valence-corrected chi connectivity index (χ1v) is 27.1. The number of hydrogen-bond acceptors (Lipinski definition) is 5. The maximum atomic E-state index is 13.2. The van der Waals surface area contributed by atoms with Crippen LogP contribution >= 0.6 is 0 Å². The maximum Gasteiger partial charge on any atom is 0.306 e. The Balaban J connectivity index is 4.52. The first-order valence-electron chi connectivity index (χ1n) is 27.1. The predicted molar refractivity (Wildman–Crippen MR) is 264 cm³/mol. The van der Waals surface area contributed by atoms with Crippen molar-refractivity contribution in [1.29, 1.82) is 0 Å². The van der Waals surface area contributed by atoms with Crippen molar-refractivity contribution in [3.8, 4) is 0 Å². The van der Waals surface area contributed by atoms with Crippen LogP contribution in [0.1, 0.15) is 290 Å². The van der Waals surface area contributed by atoms with Gasteiger partial charge in [-0.3, -0.25) is 9.59 Å². The first kappa shape index (κ1) is 59.3. The molecule has 0 bridgehead atoms. The van der Waals surface area contributed by atoms with Gasteiger partial charge in [-0.15, -0.1) is 0 Å². The Labute approximate surface area is 380 Å². The van der Waals surface area contributed by atoms with Crippen LogP contribution in [0.25, 0.3) is 0 Å². The third-order valence-electron chi connectivity index (χ3n) is 12.5. The monoisotopic (exact) mass is 860 g/mol. The highest BCUT2D eigenvalue weighted by molar-refractivity contribution is 5.77. The van der Waals surface area contributed by atoms with Gasteiger partial charge in [0.1, 0.15) is 6.10 Å². The fourth-order valence-corrected chi connectivity index (χ4v) is 8.43. The fourth-order valence-electron chi connectivity index (χ4n) is 8.43. The van der Waals surface area contributed by atoms with E-state index in [1.54, 1.807) is 0 Å². The summed E-state index contributed by atoms with van der Waals surface area (Å²) in [4.78, 5) is 26.1. The van der Waals surface area contributed by atoms with Crippen LogP contribution in [0.2, 0.25) is 0 Å². The highest BCUT2D eigenvalue weighted by Gasteiger charge is 2.24. The zero-order valence-electron chi connectivity index (χ0n) is 41.1. The Morgan fingerprint density at radius 3 is 1.25 bits per heavy atom. The van der Waals surface area contributed by atoms with Gasteiger partial charge >= 0.3 is 5.97 Å². The molecule has 0 aromatic heterocycles. The molecule has 0 radical (unpaired) electrons. The van der Waals surface area contributed by atoms with Gasteiger partial charge in [-0.2, -0.15) is 0 Å². The Morgan fingerprint density at radius 1 is 0.475 bits per heavy atom. The van der Waals surface area contributed by atoms with Gasteiger partial charge in [0.25, 0.3) is 0 Å². The molecule has 0 fully saturated rings. The summed E-state index contributed by atoms with van der Waals surface area (Å²) in [7, 11) is 0. The highest BCUT2D eigenvalue weighted by Crippen LogP contribution is 2.18. The number of unbranched alkanes of at least 4 members (excludes halogenated alkanes) is 33. The minimum absolute atomic E-state index is 0.0609. The van der Waals surface area contributed by atoms with Crippen LogP contribution < -0.4 is 5.32 Å². The summed E-state index contributed by atoms with van der Waals surface area (Å²) < 4.78 is 5.90. The second kappa shape index (κ2) is 49.4. The molecule has 3 unspecified atom stereocenters. The van der Waals surface area contributed by atoms with Gasteiger partial charge in [0.2, 0.25) is 5.91 Å². The van der Waals surface area contributed by atoms with E-state index in [-0.39, 0.29) is 24.9 Å². The highest BCUT2D eigenvalue weighted by atomic mass is 16.5. The molecule has 0 rings (SSSR count). The lowest BCUT2D eigenvalue weighted by atomic mass is 10.0. The third kappa shape index (κ3) is 44.7. The quantitative estimate of drug-likeness (QED) is 0.0322. The fraction of sp³-hybridized carbons (Fsp3) is 0.891. The molecular weight excluding hydrogens is 755 g/mol. The first-order chi connectivity index (χ1) is 30.0. The molecule has 0 spiro atoms. The molecule has 6 heteroatoms. The smallest absolute Gasteiger partial charge is 0.306 e. The van der Waals surface area contributed by atoms with Crippen molar-refractivity contribution in [2.24, 2.45) is 0 Å². The topological polar surface area (TPSA) is 95.9 Å². The zero-order chi connectivity index (χ0) is 44.5. The predicted octanol–water partition coefficient (Wildman–Crippen LogP) is 16.3. The number of rotatable bonds is 49. The number of esters is 1. The van der Waals surface area contributed by atoms with E-state index < -0.39 is 18.2 Å². The van der Waals surface area contributed by atoms with Gasteiger partial charge in [0, 0.05) is 6.42 Å². The lowest BCUT2D eigenvalue weighted by molar-refractivity contribution is -0.150. The van der Waals surface area contributed by atoms with Gasteiger partial charge in [0.15, 0.2) is 0 Å². The van der Waals surface area contributed by atoms with Crippen molar-refractivity contribution in [2.45, 2.75) is 309 Å². The second-order valence-electron chi connectivity index (χ2n) is 18.6. The lowest BCUT2D eigenvalue weighted by Crippen LogP contribution is -2.46. The van der Waals surface area contributed by atoms with Crippen LogP contribution in [-0.2, 0) is 14.3 Å². The molecule has 1 amide bonds. The molecule has 0 saturated carbocycles. The van der Waals surface area contributed by atoms with Crippen LogP contribution in [-0.4, -0.2) is 46.9 Å². The van der Waals surface area contributed by atoms with E-state index in [2.05, 4.69) is 50.4 Å². The molecule has 0 aliphatic carbocycles. The van der Waals surface area contributed by atoms with Crippen LogP contribution in [0, 0.1) is 0 Å². The standard InChI is InChI=1S/C55H105NO5/c1-4-7-10-13-16-19-22-25-26-27-28-30-32-35-38-41-44-47-53(58)52(50-57)56-54(59)49-51(46-43-40-37-34-31-24-21-18-15-12-9-6-3)61-55(60)48-45-42-39-36-33-29-23-20-17-14-11-8-5-2/h29,33,39,42,51-53,57-58H,4-28,30-32,34-38,40-41,43-50H2,1-3H3,(H,56,59)/b33-29-,42-39+. The molecule has 0 heterocycles. The van der Waals surface area contributed by atoms with Crippen molar-refractivity contribution in [3.05, 3.63) is 24.3 Å². The number of carbonyl (C=O) groups excluding carboxylic acids is 2. The molecular formula is C55H105NO5. The van der Waals surface area contributed by atoms with Gasteiger partial charge < -0.3 is 20.3 Å². The van der Waals surface area contributed by atoms with E-state index in [0.29, 0.717) is 25.7 Å². The molecule has 6 nitrogen and oxygen atoms in total. The summed E-state index contributed by atoms with van der Waals surface area (Å²) in [6.45, 7) is 6.49. The molecule has 3 atom stereocenters. The van der Waals surface area contributed by atoms with Gasteiger partial charge in [-0.05, 0) is 44.9 Å². The Morgan fingerprint density at radius 2 is 0.836 bits per heavy atom. The summed E-state index contributed by atoms with van der Waals surface area (Å²) in [5.41, 5.74) is 0. The number of ether oxygens (including phenoxy) is 1. The summed E-state index contributed by atoms with van der Waals surface area (Å²) in [6, 6.07) is -0.707. The lowest BCUT2D eigenvalue weighted by Gasteiger charge is -2.24. The van der Waals surface area contributed by atoms with Crippen LogP contribution in [0.4, 0.5) is 0 Å². The number of allylic oxidation sites excluding steroid dienone is 4. The Kier molecular flexibility index (Phi) is 48.0. The molecule has 0 aromatic carbocycles. The van der Waals surface area contributed by atoms with E-state index in [1.807, 2.05) is 0 Å². The van der Waals surface area contributed by atoms with Crippen molar-refractivity contribution < 1.29 is 24.5 Å².